The number of nitrogens with one attached hydrogen (secondary N) is 1. The second kappa shape index (κ2) is 11.4. The Morgan fingerprint density at radius 2 is 1.81 bits per heavy atom. The Hall–Kier alpha value is -3.91. The minimum atomic E-state index is -4.15. The van der Waals surface area contributed by atoms with Crippen molar-refractivity contribution in [1.29, 1.82) is 0 Å². The molecule has 2 fully saturated rings. The topological polar surface area (TPSA) is 131 Å². The number of fused-ring (bicyclic) bond motifs is 1. The van der Waals surface area contributed by atoms with E-state index in [1.54, 1.807) is 23.5 Å². The van der Waals surface area contributed by atoms with Crippen molar-refractivity contribution < 1.29 is 27.5 Å². The predicted molar refractivity (Wildman–Crippen MR) is 157 cm³/mol. The Balaban J connectivity index is 1.22. The maximum Gasteiger partial charge on any atom is 0.251 e. The Labute approximate surface area is 250 Å². The Morgan fingerprint density at radius 3 is 2.50 bits per heavy atom. The molecule has 1 N–H and O–H groups in total. The average Bonchev–Trinajstić information content (AvgIpc) is 3.80. The smallest absolute Gasteiger partial charge is 0.251 e. The number of pyridine rings is 1. The van der Waals surface area contributed by atoms with Gasteiger partial charge in [0.25, 0.3) is 5.91 Å². The van der Waals surface area contributed by atoms with Crippen LogP contribution in [0, 0.1) is 5.21 Å². The molecule has 3 aromatic heterocycles. The van der Waals surface area contributed by atoms with Crippen molar-refractivity contribution in [3.8, 4) is 10.4 Å². The standard InChI is InChI=1S/C29H26N4O6S3/c34-25-18-33(42(38,39)22-5-1-12-31(37)17-22)24-11-13-32(27(24)25)29(36)23(16-21-4-2-14-40-21)30-28(35)20-9-7-19(8-10-20)26-6-3-15-41-26/h1-10,12,14-15,17,23-24,27H,11,13,16,18H2,(H,30,35). The minimum absolute atomic E-state index is 0.161. The molecule has 2 aliphatic rings. The highest BCUT2D eigenvalue weighted by Gasteiger charge is 2.54. The lowest BCUT2D eigenvalue weighted by Gasteiger charge is -2.28. The zero-order valence-electron chi connectivity index (χ0n) is 22.2. The van der Waals surface area contributed by atoms with Gasteiger partial charge in [0.2, 0.25) is 15.9 Å². The molecule has 3 unspecified atom stereocenters. The zero-order valence-corrected chi connectivity index (χ0v) is 24.6. The summed E-state index contributed by atoms with van der Waals surface area (Å²) in [5.74, 6) is -1.26. The van der Waals surface area contributed by atoms with Crippen LogP contribution in [0.5, 0.6) is 0 Å². The van der Waals surface area contributed by atoms with Crippen molar-refractivity contribution in [3.05, 3.63) is 99.5 Å². The Morgan fingerprint density at radius 1 is 1.05 bits per heavy atom. The van der Waals surface area contributed by atoms with Crippen LogP contribution in [0.2, 0.25) is 0 Å². The molecule has 0 bridgehead atoms. The van der Waals surface area contributed by atoms with Crippen LogP contribution in [-0.4, -0.2) is 66.4 Å². The van der Waals surface area contributed by atoms with Gasteiger partial charge < -0.3 is 15.4 Å². The van der Waals surface area contributed by atoms with Gasteiger partial charge in [-0.3, -0.25) is 14.4 Å². The van der Waals surface area contributed by atoms with Gasteiger partial charge in [-0.2, -0.15) is 9.04 Å². The highest BCUT2D eigenvalue weighted by molar-refractivity contribution is 7.89. The fourth-order valence-corrected chi connectivity index (χ4v) is 8.68. The van der Waals surface area contributed by atoms with E-state index in [4.69, 9.17) is 0 Å². The van der Waals surface area contributed by atoms with Crippen LogP contribution in [0.1, 0.15) is 21.7 Å². The number of aromatic nitrogens is 1. The predicted octanol–water partition coefficient (Wildman–Crippen LogP) is 2.69. The summed E-state index contributed by atoms with van der Waals surface area (Å²) >= 11 is 3.05. The average molecular weight is 623 g/mol. The normalized spacial score (nSPS) is 19.5. The molecule has 5 heterocycles. The van der Waals surface area contributed by atoms with Crippen molar-refractivity contribution in [2.75, 3.05) is 13.1 Å². The zero-order chi connectivity index (χ0) is 29.4. The fraction of sp³-hybridized carbons (Fsp3) is 0.241. The van der Waals surface area contributed by atoms with Crippen molar-refractivity contribution in [3.63, 3.8) is 0 Å². The van der Waals surface area contributed by atoms with E-state index in [0.717, 1.165) is 25.8 Å². The molecule has 10 nitrogen and oxygen atoms in total. The number of thiophene rings is 2. The first-order chi connectivity index (χ1) is 20.2. The van der Waals surface area contributed by atoms with Crippen LogP contribution in [0.15, 0.2) is 88.7 Å². The molecular formula is C29H26N4O6S3. The molecule has 2 saturated heterocycles. The number of likely N-dealkylation sites (tertiary alicyclic amines) is 1. The number of carbonyl (C=O) groups is 3. The number of hydrogen-bond donors (Lipinski definition) is 1. The summed E-state index contributed by atoms with van der Waals surface area (Å²) in [6.07, 6.45) is 2.61. The van der Waals surface area contributed by atoms with E-state index in [-0.39, 0.29) is 24.3 Å². The number of sulfonamides is 1. The summed E-state index contributed by atoms with van der Waals surface area (Å²) < 4.78 is 28.2. The number of benzene rings is 1. The highest BCUT2D eigenvalue weighted by atomic mass is 32.2. The van der Waals surface area contributed by atoms with Crippen LogP contribution in [0.4, 0.5) is 0 Å². The van der Waals surface area contributed by atoms with Gasteiger partial charge in [0, 0.05) is 34.3 Å². The molecule has 216 valence electrons. The molecule has 1 aromatic carbocycles. The molecule has 2 amide bonds. The SMILES string of the molecule is O=C(NC(Cc1cccs1)C(=O)N1CCC2C1C(=O)CN2S(=O)(=O)c1ccc[n+]([O-])c1)c1ccc(-c2cccs2)cc1. The molecule has 0 spiro atoms. The Bertz CT molecular complexity index is 1720. The van der Waals surface area contributed by atoms with Gasteiger partial charge in [-0.25, -0.2) is 8.42 Å². The Kier molecular flexibility index (Phi) is 7.66. The second-order valence-electron chi connectivity index (χ2n) is 10.1. The van der Waals surface area contributed by atoms with E-state index in [1.165, 1.54) is 34.6 Å². The summed E-state index contributed by atoms with van der Waals surface area (Å²) in [4.78, 5) is 43.6. The number of ketones is 1. The molecule has 0 aliphatic carbocycles. The van der Waals surface area contributed by atoms with Crippen LogP contribution in [0.3, 0.4) is 0 Å². The summed E-state index contributed by atoms with van der Waals surface area (Å²) in [5.41, 5.74) is 1.38. The first-order valence-electron chi connectivity index (χ1n) is 13.2. The number of amides is 2. The molecule has 42 heavy (non-hydrogen) atoms. The number of nitrogens with zero attached hydrogens (tertiary/aromatic N) is 3. The van der Waals surface area contributed by atoms with Crippen molar-refractivity contribution in [2.24, 2.45) is 0 Å². The molecule has 4 aromatic rings. The van der Waals surface area contributed by atoms with E-state index in [9.17, 15) is 28.0 Å². The van der Waals surface area contributed by atoms with Crippen molar-refractivity contribution in [2.45, 2.75) is 35.9 Å². The highest BCUT2D eigenvalue weighted by Crippen LogP contribution is 2.34. The lowest BCUT2D eigenvalue weighted by Crippen LogP contribution is -2.53. The summed E-state index contributed by atoms with van der Waals surface area (Å²) in [6, 6.07) is 14.8. The van der Waals surface area contributed by atoms with E-state index in [1.807, 2.05) is 47.2 Å². The third-order valence-corrected chi connectivity index (χ3v) is 11.2. The third kappa shape index (κ3) is 5.36. The molecule has 6 rings (SSSR count). The quantitative estimate of drug-likeness (QED) is 0.238. The minimum Gasteiger partial charge on any atom is -0.619 e. The maximum absolute atomic E-state index is 14.0. The van der Waals surface area contributed by atoms with Crippen LogP contribution in [-0.2, 0) is 26.0 Å². The van der Waals surface area contributed by atoms with Crippen LogP contribution < -0.4 is 10.0 Å². The van der Waals surface area contributed by atoms with Gasteiger partial charge in [-0.05, 0) is 53.1 Å². The lowest BCUT2D eigenvalue weighted by molar-refractivity contribution is -0.607. The second-order valence-corrected chi connectivity index (χ2v) is 14.0. The first kappa shape index (κ1) is 28.2. The third-order valence-electron chi connectivity index (χ3n) is 7.56. The molecule has 2 aliphatic heterocycles. The molecule has 13 heteroatoms. The van der Waals surface area contributed by atoms with Gasteiger partial charge in [0.05, 0.1) is 12.6 Å². The van der Waals surface area contributed by atoms with Crippen molar-refractivity contribution in [1.82, 2.24) is 14.5 Å². The summed E-state index contributed by atoms with van der Waals surface area (Å²) in [6.45, 7) is -0.234. The lowest BCUT2D eigenvalue weighted by atomic mass is 10.1. The summed E-state index contributed by atoms with van der Waals surface area (Å²) in [5, 5.41) is 18.5. The number of hydrogen-bond acceptors (Lipinski definition) is 8. The van der Waals surface area contributed by atoms with Gasteiger partial charge >= 0.3 is 0 Å². The van der Waals surface area contributed by atoms with Gasteiger partial charge in [0.1, 0.15) is 17.0 Å². The van der Waals surface area contributed by atoms with E-state index < -0.39 is 52.3 Å². The first-order valence-corrected chi connectivity index (χ1v) is 16.4. The number of Topliss-reactive ketones (excluding diaryl/α,β-unsaturated/α-hetero) is 1. The van der Waals surface area contributed by atoms with Crippen LogP contribution >= 0.6 is 22.7 Å². The maximum atomic E-state index is 14.0. The molecule has 3 atom stereocenters. The van der Waals surface area contributed by atoms with E-state index in [0.29, 0.717) is 10.3 Å². The summed E-state index contributed by atoms with van der Waals surface area (Å²) in [7, 11) is -4.15. The molecule has 0 saturated carbocycles. The van der Waals surface area contributed by atoms with Gasteiger partial charge in [0.15, 0.2) is 18.2 Å². The van der Waals surface area contributed by atoms with Gasteiger partial charge in [-0.1, -0.05) is 24.3 Å². The van der Waals surface area contributed by atoms with E-state index >= 15 is 0 Å². The van der Waals surface area contributed by atoms with Gasteiger partial charge in [-0.15, -0.1) is 22.7 Å². The van der Waals surface area contributed by atoms with Crippen molar-refractivity contribution >= 4 is 50.3 Å². The molecule has 0 radical (unpaired) electrons. The fourth-order valence-electron chi connectivity index (χ4n) is 5.56. The van der Waals surface area contributed by atoms with Crippen LogP contribution in [0.25, 0.3) is 10.4 Å². The monoisotopic (exact) mass is 622 g/mol. The largest absolute Gasteiger partial charge is 0.619 e. The van der Waals surface area contributed by atoms with E-state index in [2.05, 4.69) is 5.32 Å². The molecular weight excluding hydrogens is 597 g/mol. The number of carbonyl (C=O) groups excluding carboxylic acids is 3. The number of rotatable bonds is 8.